The number of phenols is 1. The second kappa shape index (κ2) is 9.49. The average molecular weight is 487 g/mol. The van der Waals surface area contributed by atoms with Gasteiger partial charge < -0.3 is 14.9 Å². The van der Waals surface area contributed by atoms with Crippen molar-refractivity contribution in [3.05, 3.63) is 88.8 Å². The highest BCUT2D eigenvalue weighted by atomic mass is 16.5. The number of carbonyl (C=O) groups excluding carboxylic acids is 2. The summed E-state index contributed by atoms with van der Waals surface area (Å²) in [4.78, 5) is 32.3. The van der Waals surface area contributed by atoms with Crippen LogP contribution < -0.4 is 9.64 Å². The minimum absolute atomic E-state index is 0.0939. The van der Waals surface area contributed by atoms with E-state index in [9.17, 15) is 19.8 Å². The molecule has 3 aromatic rings. The van der Waals surface area contributed by atoms with Crippen LogP contribution in [0, 0.1) is 6.92 Å². The summed E-state index contributed by atoms with van der Waals surface area (Å²) in [5, 5.41) is 22.1. The van der Waals surface area contributed by atoms with Gasteiger partial charge in [0.15, 0.2) is 0 Å². The van der Waals surface area contributed by atoms with Gasteiger partial charge in [-0.25, -0.2) is 0 Å². The summed E-state index contributed by atoms with van der Waals surface area (Å²) in [6, 6.07) is 14.2. The molecule has 1 amide bonds. The van der Waals surface area contributed by atoms with Crippen LogP contribution in [0.3, 0.4) is 0 Å². The van der Waals surface area contributed by atoms with Crippen molar-refractivity contribution in [2.24, 2.45) is 0 Å². The molecule has 36 heavy (non-hydrogen) atoms. The molecule has 2 N–H and O–H groups in total. The van der Waals surface area contributed by atoms with Crippen molar-refractivity contribution in [3.8, 4) is 11.5 Å². The number of anilines is 1. The number of benzene rings is 2. The van der Waals surface area contributed by atoms with Crippen LogP contribution in [0.4, 0.5) is 5.69 Å². The van der Waals surface area contributed by atoms with Crippen molar-refractivity contribution in [1.82, 2.24) is 4.98 Å². The highest BCUT2D eigenvalue weighted by Crippen LogP contribution is 2.45. The molecule has 0 bridgehead atoms. The molecule has 0 aliphatic carbocycles. The van der Waals surface area contributed by atoms with Crippen LogP contribution >= 0.6 is 0 Å². The standard InChI is InChI=1S/C29H30N2O5/c1-6-36-23-13-11-18(16-19(23)29(3,4)5)26(33)24-25(20-9-7-8-14-30-20)31(28(35)27(24)34)21-15-17(2)10-12-22(21)32/h7-16,25,32-33H,6H2,1-5H3/b26-24-. The number of amides is 1. The number of aromatic nitrogens is 1. The van der Waals surface area contributed by atoms with Crippen LogP contribution in [0.25, 0.3) is 5.76 Å². The molecule has 1 aliphatic rings. The first-order chi connectivity index (χ1) is 17.0. The molecule has 1 fully saturated rings. The van der Waals surface area contributed by atoms with E-state index < -0.39 is 17.7 Å². The molecule has 4 rings (SSSR count). The molecular weight excluding hydrogens is 456 g/mol. The Kier molecular flexibility index (Phi) is 6.59. The van der Waals surface area contributed by atoms with E-state index >= 15 is 0 Å². The van der Waals surface area contributed by atoms with Gasteiger partial charge in [0.25, 0.3) is 11.7 Å². The van der Waals surface area contributed by atoms with Crippen molar-refractivity contribution in [1.29, 1.82) is 0 Å². The van der Waals surface area contributed by atoms with E-state index in [1.807, 2.05) is 34.6 Å². The maximum atomic E-state index is 13.4. The molecule has 2 aromatic carbocycles. The van der Waals surface area contributed by atoms with Gasteiger partial charge in [0.05, 0.1) is 23.6 Å². The largest absolute Gasteiger partial charge is 0.507 e. The topological polar surface area (TPSA) is 100.0 Å². The van der Waals surface area contributed by atoms with E-state index in [0.717, 1.165) is 11.1 Å². The Morgan fingerprint density at radius 1 is 1.08 bits per heavy atom. The first-order valence-electron chi connectivity index (χ1n) is 11.8. The fourth-order valence-corrected chi connectivity index (χ4v) is 4.43. The van der Waals surface area contributed by atoms with Crippen LogP contribution in [0.5, 0.6) is 11.5 Å². The van der Waals surface area contributed by atoms with Crippen LogP contribution in [0.2, 0.25) is 0 Å². The molecule has 1 atom stereocenters. The first kappa shape index (κ1) is 25.0. The van der Waals surface area contributed by atoms with Crippen LogP contribution in [-0.4, -0.2) is 33.5 Å². The molecule has 1 aromatic heterocycles. The van der Waals surface area contributed by atoms with E-state index in [2.05, 4.69) is 4.98 Å². The minimum Gasteiger partial charge on any atom is -0.507 e. The van der Waals surface area contributed by atoms with Crippen molar-refractivity contribution in [2.75, 3.05) is 11.5 Å². The number of carbonyl (C=O) groups is 2. The van der Waals surface area contributed by atoms with E-state index in [-0.39, 0.29) is 28.2 Å². The van der Waals surface area contributed by atoms with Gasteiger partial charge in [-0.15, -0.1) is 0 Å². The van der Waals surface area contributed by atoms with Gasteiger partial charge >= 0.3 is 0 Å². The fourth-order valence-electron chi connectivity index (χ4n) is 4.43. The number of hydrogen-bond acceptors (Lipinski definition) is 6. The third-order valence-electron chi connectivity index (χ3n) is 6.16. The number of aryl methyl sites for hydroxylation is 1. The van der Waals surface area contributed by atoms with Gasteiger partial charge in [0.2, 0.25) is 0 Å². The number of aliphatic hydroxyl groups is 1. The second-order valence-corrected chi connectivity index (χ2v) is 9.81. The molecule has 2 heterocycles. The molecule has 0 saturated carbocycles. The lowest BCUT2D eigenvalue weighted by molar-refractivity contribution is -0.132. The number of aliphatic hydroxyl groups excluding tert-OH is 1. The first-order valence-corrected chi connectivity index (χ1v) is 11.8. The lowest BCUT2D eigenvalue weighted by Gasteiger charge is -2.26. The summed E-state index contributed by atoms with van der Waals surface area (Å²) in [5.41, 5.74) is 2.20. The Morgan fingerprint density at radius 3 is 2.47 bits per heavy atom. The monoisotopic (exact) mass is 486 g/mol. The number of ketones is 1. The highest BCUT2D eigenvalue weighted by Gasteiger charge is 2.48. The number of Topliss-reactive ketones (excluding diaryl/α,β-unsaturated/α-hetero) is 1. The Labute approximate surface area is 210 Å². The molecule has 0 radical (unpaired) electrons. The van der Waals surface area contributed by atoms with Crippen molar-refractivity contribution in [3.63, 3.8) is 0 Å². The third-order valence-corrected chi connectivity index (χ3v) is 6.16. The normalized spacial score (nSPS) is 17.5. The molecule has 1 aliphatic heterocycles. The van der Waals surface area contributed by atoms with E-state index in [1.165, 1.54) is 11.0 Å². The number of pyridine rings is 1. The molecular formula is C29H30N2O5. The predicted octanol–water partition coefficient (Wildman–Crippen LogP) is 5.42. The Hall–Kier alpha value is -4.13. The van der Waals surface area contributed by atoms with Gasteiger partial charge in [0, 0.05) is 17.3 Å². The van der Waals surface area contributed by atoms with Crippen LogP contribution in [0.1, 0.15) is 56.1 Å². The summed E-state index contributed by atoms with van der Waals surface area (Å²) >= 11 is 0. The summed E-state index contributed by atoms with van der Waals surface area (Å²) in [6.45, 7) is 10.3. The predicted molar refractivity (Wildman–Crippen MR) is 138 cm³/mol. The smallest absolute Gasteiger partial charge is 0.300 e. The number of ether oxygens (including phenoxy) is 1. The van der Waals surface area contributed by atoms with Gasteiger partial charge in [-0.3, -0.25) is 19.5 Å². The lowest BCUT2D eigenvalue weighted by atomic mass is 9.84. The summed E-state index contributed by atoms with van der Waals surface area (Å²) < 4.78 is 5.79. The molecule has 1 unspecified atom stereocenters. The summed E-state index contributed by atoms with van der Waals surface area (Å²) in [5.74, 6) is -1.48. The number of aromatic hydroxyl groups is 1. The van der Waals surface area contributed by atoms with E-state index in [4.69, 9.17) is 4.74 Å². The second-order valence-electron chi connectivity index (χ2n) is 9.81. The fraction of sp³-hybridized carbons (Fsp3) is 0.276. The molecule has 7 nitrogen and oxygen atoms in total. The summed E-state index contributed by atoms with van der Waals surface area (Å²) in [7, 11) is 0. The van der Waals surface area contributed by atoms with Crippen molar-refractivity contribution >= 4 is 23.1 Å². The van der Waals surface area contributed by atoms with Gasteiger partial charge in [-0.05, 0) is 67.3 Å². The Balaban J connectivity index is 1.96. The van der Waals surface area contributed by atoms with E-state index in [1.54, 1.807) is 54.7 Å². The van der Waals surface area contributed by atoms with Crippen molar-refractivity contribution in [2.45, 2.75) is 46.1 Å². The SMILES string of the molecule is CCOc1ccc(/C(O)=C2/C(=O)C(=O)N(c3cc(C)ccc3O)C2c2ccccn2)cc1C(C)(C)C. The average Bonchev–Trinajstić information content (AvgIpc) is 3.11. The van der Waals surface area contributed by atoms with E-state index in [0.29, 0.717) is 23.6 Å². The minimum atomic E-state index is -1.02. The zero-order valence-corrected chi connectivity index (χ0v) is 21.1. The Bertz CT molecular complexity index is 1360. The molecule has 186 valence electrons. The van der Waals surface area contributed by atoms with Gasteiger partial charge in [-0.2, -0.15) is 0 Å². The number of nitrogens with zero attached hydrogens (tertiary/aromatic N) is 2. The molecule has 1 saturated heterocycles. The van der Waals surface area contributed by atoms with Gasteiger partial charge in [0.1, 0.15) is 23.3 Å². The molecule has 0 spiro atoms. The Morgan fingerprint density at radius 2 is 1.83 bits per heavy atom. The van der Waals surface area contributed by atoms with Gasteiger partial charge in [-0.1, -0.05) is 32.9 Å². The van der Waals surface area contributed by atoms with Crippen LogP contribution in [-0.2, 0) is 15.0 Å². The third kappa shape index (κ3) is 4.44. The highest BCUT2D eigenvalue weighted by molar-refractivity contribution is 6.51. The number of hydrogen-bond donors (Lipinski definition) is 2. The lowest BCUT2D eigenvalue weighted by Crippen LogP contribution is -2.30. The molecule has 7 heteroatoms. The van der Waals surface area contributed by atoms with Crippen LogP contribution in [0.15, 0.2) is 66.4 Å². The number of rotatable bonds is 5. The zero-order valence-electron chi connectivity index (χ0n) is 21.1. The quantitative estimate of drug-likeness (QED) is 0.284. The summed E-state index contributed by atoms with van der Waals surface area (Å²) in [6.07, 6.45) is 1.56. The maximum absolute atomic E-state index is 13.4. The number of phenolic OH excluding ortho intramolecular Hbond substituents is 1. The maximum Gasteiger partial charge on any atom is 0.300 e. The zero-order chi connectivity index (χ0) is 26.2. The van der Waals surface area contributed by atoms with Crippen molar-refractivity contribution < 1.29 is 24.5 Å².